The van der Waals surface area contributed by atoms with Crippen molar-refractivity contribution in [2.45, 2.75) is 0 Å². The second-order valence-corrected chi connectivity index (χ2v) is 2.72. The molecule has 0 heterocycles. The summed E-state index contributed by atoms with van der Waals surface area (Å²) in [4.78, 5) is 9.47. The molecule has 0 aromatic rings. The van der Waals surface area contributed by atoms with Crippen LogP contribution in [0.1, 0.15) is 0 Å². The second-order valence-electron chi connectivity index (χ2n) is 1.31. The summed E-state index contributed by atoms with van der Waals surface area (Å²) in [6.45, 7) is 3.09. The van der Waals surface area contributed by atoms with Crippen molar-refractivity contribution in [3.05, 3.63) is 12.7 Å². The third-order valence-electron chi connectivity index (χ3n) is 0.201. The molecule has 0 atom stereocenters. The average molecular weight is 205 g/mol. The van der Waals surface area contributed by atoms with E-state index in [2.05, 4.69) is 12.3 Å². The number of carbonyl (C=O) groups is 1. The molecular weight excluding hydrogens is 197 g/mol. The first-order valence-electron chi connectivity index (χ1n) is 2.10. The van der Waals surface area contributed by atoms with Crippen molar-refractivity contribution in [2.24, 2.45) is 5.73 Å². The van der Waals surface area contributed by atoms with Crippen LogP contribution in [0, 0.1) is 0 Å². The molecule has 1 amide bonds. The Kier molecular flexibility index (Phi) is 14.3. The fourth-order valence-electron chi connectivity index (χ4n) is 0. The molecule has 5 nitrogen and oxygen atoms in total. The van der Waals surface area contributed by atoms with Gasteiger partial charge >= 0.3 is 51.4 Å². The van der Waals surface area contributed by atoms with E-state index in [1.165, 1.54) is 0 Å². The molecule has 0 aromatic heterocycles. The minimum atomic E-state index is -3.92. The third-order valence-corrected chi connectivity index (χ3v) is 0.201. The van der Waals surface area contributed by atoms with Crippen LogP contribution < -0.4 is 57.1 Å². The maximum Gasteiger partial charge on any atom is 1.00 e. The summed E-state index contributed by atoms with van der Waals surface area (Å²) in [5.74, 6) is -0.481. The Labute approximate surface area is 108 Å². The zero-order valence-corrected chi connectivity index (χ0v) is 10.3. The summed E-state index contributed by atoms with van der Waals surface area (Å²) in [6.07, 6.45) is 1.66. The van der Waals surface area contributed by atoms with Gasteiger partial charge in [0.05, 0.1) is 10.1 Å². The van der Waals surface area contributed by atoms with Gasteiger partial charge in [0.2, 0.25) is 5.91 Å². The number of nitrogens with two attached hydrogens (primary N) is 1. The molecule has 0 radical (unpaired) electrons. The molecule has 0 saturated carbocycles. The van der Waals surface area contributed by atoms with E-state index in [-0.39, 0.29) is 51.4 Å². The Morgan fingerprint density at radius 3 is 1.73 bits per heavy atom. The second kappa shape index (κ2) is 8.85. The molecule has 0 saturated heterocycles. The fraction of sp³-hybridized carbons (Fsp3) is 0.250. The van der Waals surface area contributed by atoms with Gasteiger partial charge in [-0.2, -0.15) is 0 Å². The summed E-state index contributed by atoms with van der Waals surface area (Å²) >= 11 is 0. The normalized spacial score (nSPS) is 8.18. The number of primary amides is 1. The van der Waals surface area contributed by atoms with Gasteiger partial charge in [-0.1, -0.05) is 6.58 Å². The largest absolute Gasteiger partial charge is 1.00 e. The van der Waals surface area contributed by atoms with Gasteiger partial charge in [-0.15, -0.1) is 0 Å². The molecule has 0 aliphatic rings. The van der Waals surface area contributed by atoms with E-state index in [1.807, 2.05) is 0 Å². The Bertz CT molecular complexity index is 202. The van der Waals surface area contributed by atoms with Crippen LogP contribution in [0.4, 0.5) is 0 Å². The summed E-state index contributed by atoms with van der Waals surface area (Å²) in [5.41, 5.74) is 4.53. The Balaban J connectivity index is -0.000000107. The van der Waals surface area contributed by atoms with Crippen LogP contribution in [0.15, 0.2) is 12.7 Å². The summed E-state index contributed by atoms with van der Waals surface area (Å²) in [5, 5.41) is 0. The van der Waals surface area contributed by atoms with Gasteiger partial charge < -0.3 is 10.3 Å². The van der Waals surface area contributed by atoms with Gasteiger partial charge in [0, 0.05) is 6.26 Å². The van der Waals surface area contributed by atoms with Crippen LogP contribution >= 0.6 is 0 Å². The molecule has 0 unspecified atom stereocenters. The zero-order chi connectivity index (χ0) is 8.78. The maximum absolute atomic E-state index is 9.47. The van der Waals surface area contributed by atoms with Crippen molar-refractivity contribution in [3.63, 3.8) is 0 Å². The van der Waals surface area contributed by atoms with Gasteiger partial charge in [-0.05, 0) is 6.08 Å². The van der Waals surface area contributed by atoms with E-state index in [1.54, 1.807) is 0 Å². The van der Waals surface area contributed by atoms with Crippen LogP contribution in [-0.2, 0) is 14.9 Å². The third kappa shape index (κ3) is 109. The molecule has 0 rings (SSSR count). The summed E-state index contributed by atoms with van der Waals surface area (Å²) < 4.78 is 27.2. The first-order valence-corrected chi connectivity index (χ1v) is 3.91. The van der Waals surface area contributed by atoms with Crippen molar-refractivity contribution >= 4 is 16.0 Å². The van der Waals surface area contributed by atoms with Crippen LogP contribution in [-0.4, -0.2) is 25.1 Å². The first-order chi connectivity index (χ1) is 4.27. The van der Waals surface area contributed by atoms with Gasteiger partial charge in [-0.25, -0.2) is 8.42 Å². The number of carbonyl (C=O) groups excluding carboxylic acids is 1. The Morgan fingerprint density at radius 2 is 1.73 bits per heavy atom. The first kappa shape index (κ1) is 17.7. The smallest absolute Gasteiger partial charge is 0.748 e. The summed E-state index contributed by atoms with van der Waals surface area (Å²) in [6, 6.07) is 0. The number of amides is 1. The van der Waals surface area contributed by atoms with Crippen LogP contribution in [0.3, 0.4) is 0 Å². The number of rotatable bonds is 1. The van der Waals surface area contributed by atoms with E-state index in [0.29, 0.717) is 6.26 Å². The molecule has 11 heavy (non-hydrogen) atoms. The Morgan fingerprint density at radius 1 is 1.64 bits per heavy atom. The van der Waals surface area contributed by atoms with Crippen molar-refractivity contribution in [2.75, 3.05) is 6.26 Å². The molecule has 7 heteroatoms. The topological polar surface area (TPSA) is 100 Å². The van der Waals surface area contributed by atoms with E-state index in [4.69, 9.17) is 13.0 Å². The molecule has 0 aliphatic carbocycles. The molecule has 0 fully saturated rings. The molecule has 2 N–H and O–H groups in total. The van der Waals surface area contributed by atoms with Crippen molar-refractivity contribution in [1.82, 2.24) is 0 Å². The minimum Gasteiger partial charge on any atom is -0.748 e. The van der Waals surface area contributed by atoms with Crippen LogP contribution in [0.25, 0.3) is 0 Å². The molecular formula is C4H8KNO4S. The minimum absolute atomic E-state index is 0. The van der Waals surface area contributed by atoms with Gasteiger partial charge in [-0.3, -0.25) is 4.79 Å². The zero-order valence-electron chi connectivity index (χ0n) is 6.40. The van der Waals surface area contributed by atoms with Crippen LogP contribution in [0.5, 0.6) is 0 Å². The molecule has 60 valence electrons. The number of hydrogen-bond donors (Lipinski definition) is 1. The van der Waals surface area contributed by atoms with E-state index < -0.39 is 16.0 Å². The van der Waals surface area contributed by atoms with E-state index in [9.17, 15) is 4.79 Å². The van der Waals surface area contributed by atoms with Crippen molar-refractivity contribution in [1.29, 1.82) is 0 Å². The van der Waals surface area contributed by atoms with Gasteiger partial charge in [0.25, 0.3) is 0 Å². The van der Waals surface area contributed by atoms with Crippen molar-refractivity contribution in [3.8, 4) is 0 Å². The average Bonchev–Trinajstić information content (AvgIpc) is 1.61. The van der Waals surface area contributed by atoms with Gasteiger partial charge in [0.1, 0.15) is 0 Å². The predicted octanol–water partition coefficient (Wildman–Crippen LogP) is -4.18. The molecule has 0 aromatic carbocycles. The monoisotopic (exact) mass is 205 g/mol. The quantitative estimate of drug-likeness (QED) is 0.266. The van der Waals surface area contributed by atoms with Crippen molar-refractivity contribution < 1.29 is 69.1 Å². The molecule has 0 bridgehead atoms. The number of hydrogen-bond acceptors (Lipinski definition) is 4. The Hall–Kier alpha value is 0.756. The SMILES string of the molecule is C=CC(N)=O.CS(=O)(=O)[O-].[K+]. The molecule has 0 aliphatic heterocycles. The maximum atomic E-state index is 9.47. The standard InChI is InChI=1S/C3H5NO.CH4O3S.K/c1-2-3(4)5;1-5(2,3)4;/h2H,1H2,(H2,4,5);1H3,(H,2,3,4);/q;;+1/p-1. The summed E-state index contributed by atoms with van der Waals surface area (Å²) in [7, 11) is -3.92. The van der Waals surface area contributed by atoms with Gasteiger partial charge in [0.15, 0.2) is 0 Å². The van der Waals surface area contributed by atoms with E-state index in [0.717, 1.165) is 6.08 Å². The van der Waals surface area contributed by atoms with Crippen LogP contribution in [0.2, 0.25) is 0 Å². The predicted molar refractivity (Wildman–Crippen MR) is 35.0 cm³/mol. The fourth-order valence-corrected chi connectivity index (χ4v) is 0. The van der Waals surface area contributed by atoms with E-state index >= 15 is 0 Å². The molecule has 0 spiro atoms.